The Bertz CT molecular complexity index is 453. The van der Waals surface area contributed by atoms with E-state index in [4.69, 9.17) is 5.73 Å². The van der Waals surface area contributed by atoms with E-state index in [-0.39, 0.29) is 17.7 Å². The van der Waals surface area contributed by atoms with E-state index in [1.807, 2.05) is 12.1 Å². The van der Waals surface area contributed by atoms with E-state index >= 15 is 0 Å². The first-order valence-electron chi connectivity index (χ1n) is 5.48. The van der Waals surface area contributed by atoms with Crippen LogP contribution >= 0.6 is 0 Å². The smallest absolute Gasteiger partial charge is 0.253 e. The van der Waals surface area contributed by atoms with E-state index in [0.717, 1.165) is 5.69 Å². The molecule has 1 aliphatic heterocycles. The molecule has 1 saturated heterocycles. The van der Waals surface area contributed by atoms with Gasteiger partial charge >= 0.3 is 0 Å². The van der Waals surface area contributed by atoms with E-state index in [1.165, 1.54) is 0 Å². The van der Waals surface area contributed by atoms with Gasteiger partial charge in [0.25, 0.3) is 5.91 Å². The molecule has 2 amide bonds. The maximum atomic E-state index is 12.0. The first kappa shape index (κ1) is 11.4. The van der Waals surface area contributed by atoms with E-state index in [2.05, 4.69) is 5.32 Å². The Morgan fingerprint density at radius 2 is 2.12 bits per heavy atom. The zero-order chi connectivity index (χ0) is 12.4. The number of likely N-dealkylation sites (tertiary alicyclic amines) is 1. The van der Waals surface area contributed by atoms with Crippen LogP contribution in [0.25, 0.3) is 0 Å². The Kier molecular flexibility index (Phi) is 2.99. The first-order valence-corrected chi connectivity index (χ1v) is 5.48. The van der Waals surface area contributed by atoms with Gasteiger partial charge in [-0.25, -0.2) is 0 Å². The van der Waals surface area contributed by atoms with Crippen molar-refractivity contribution in [1.29, 1.82) is 0 Å². The SMILES string of the molecule is CNc1cccc(C(=O)N2CC(C(N)=O)C2)c1. The fourth-order valence-corrected chi connectivity index (χ4v) is 1.81. The highest BCUT2D eigenvalue weighted by Gasteiger charge is 2.34. The highest BCUT2D eigenvalue weighted by Crippen LogP contribution is 2.19. The Labute approximate surface area is 99.6 Å². The molecule has 5 heteroatoms. The van der Waals surface area contributed by atoms with Gasteiger partial charge in [-0.2, -0.15) is 0 Å². The summed E-state index contributed by atoms with van der Waals surface area (Å²) in [5, 5.41) is 2.98. The van der Waals surface area contributed by atoms with Gasteiger partial charge < -0.3 is 16.0 Å². The van der Waals surface area contributed by atoms with Crippen molar-refractivity contribution in [1.82, 2.24) is 4.90 Å². The summed E-state index contributed by atoms with van der Waals surface area (Å²) in [4.78, 5) is 24.5. The zero-order valence-corrected chi connectivity index (χ0v) is 9.64. The molecule has 1 aromatic carbocycles. The summed E-state index contributed by atoms with van der Waals surface area (Å²) in [6.45, 7) is 0.857. The molecule has 90 valence electrons. The molecule has 0 unspecified atom stereocenters. The number of hydrogen-bond donors (Lipinski definition) is 2. The topological polar surface area (TPSA) is 75.4 Å². The number of rotatable bonds is 3. The minimum absolute atomic E-state index is 0.0559. The Morgan fingerprint density at radius 3 is 2.71 bits per heavy atom. The molecule has 1 aromatic rings. The summed E-state index contributed by atoms with van der Waals surface area (Å²) in [6.07, 6.45) is 0. The maximum absolute atomic E-state index is 12.0. The lowest BCUT2D eigenvalue weighted by atomic mass is 9.98. The number of benzene rings is 1. The van der Waals surface area contributed by atoms with Crippen LogP contribution in [0.15, 0.2) is 24.3 Å². The van der Waals surface area contributed by atoms with Crippen molar-refractivity contribution >= 4 is 17.5 Å². The molecule has 17 heavy (non-hydrogen) atoms. The van der Waals surface area contributed by atoms with Crippen LogP contribution < -0.4 is 11.1 Å². The second kappa shape index (κ2) is 4.45. The standard InChI is InChI=1S/C12H15N3O2/c1-14-10-4-2-3-8(5-10)12(17)15-6-9(7-15)11(13)16/h2-5,9,14H,6-7H2,1H3,(H2,13,16). The Balaban J connectivity index is 2.03. The summed E-state index contributed by atoms with van der Waals surface area (Å²) < 4.78 is 0. The molecule has 0 bridgehead atoms. The van der Waals surface area contributed by atoms with Gasteiger partial charge in [0.15, 0.2) is 0 Å². The third-order valence-corrected chi connectivity index (χ3v) is 2.97. The summed E-state index contributed by atoms with van der Waals surface area (Å²) in [7, 11) is 1.80. The molecule has 0 aliphatic carbocycles. The Hall–Kier alpha value is -2.04. The van der Waals surface area contributed by atoms with Crippen LogP contribution in [-0.4, -0.2) is 36.9 Å². The lowest BCUT2D eigenvalue weighted by Gasteiger charge is -2.37. The molecule has 1 heterocycles. The van der Waals surface area contributed by atoms with Gasteiger partial charge in [-0.3, -0.25) is 9.59 Å². The van der Waals surface area contributed by atoms with Gasteiger partial charge in [-0.05, 0) is 18.2 Å². The second-order valence-corrected chi connectivity index (χ2v) is 4.14. The fourth-order valence-electron chi connectivity index (χ4n) is 1.81. The monoisotopic (exact) mass is 233 g/mol. The molecule has 5 nitrogen and oxygen atoms in total. The van der Waals surface area contributed by atoms with Crippen LogP contribution in [-0.2, 0) is 4.79 Å². The predicted molar refractivity (Wildman–Crippen MR) is 64.6 cm³/mol. The van der Waals surface area contributed by atoms with Crippen LogP contribution in [0.5, 0.6) is 0 Å². The van der Waals surface area contributed by atoms with E-state index < -0.39 is 0 Å². The second-order valence-electron chi connectivity index (χ2n) is 4.14. The number of hydrogen-bond acceptors (Lipinski definition) is 3. The first-order chi connectivity index (χ1) is 8.11. The summed E-state index contributed by atoms with van der Waals surface area (Å²) >= 11 is 0. The molecule has 0 saturated carbocycles. The molecule has 0 atom stereocenters. The van der Waals surface area contributed by atoms with Gasteiger partial charge in [0, 0.05) is 31.4 Å². The fraction of sp³-hybridized carbons (Fsp3) is 0.333. The summed E-state index contributed by atoms with van der Waals surface area (Å²) in [5.74, 6) is -0.580. The van der Waals surface area contributed by atoms with Crippen LogP contribution in [0.3, 0.4) is 0 Å². The van der Waals surface area contributed by atoms with Gasteiger partial charge in [0.1, 0.15) is 0 Å². The van der Waals surface area contributed by atoms with Gasteiger partial charge in [-0.1, -0.05) is 6.07 Å². The molecule has 1 fully saturated rings. The van der Waals surface area contributed by atoms with Crippen LogP contribution in [0, 0.1) is 5.92 Å². The highest BCUT2D eigenvalue weighted by atomic mass is 16.2. The average Bonchev–Trinajstić information content (AvgIpc) is 2.26. The molecular weight excluding hydrogens is 218 g/mol. The van der Waals surface area contributed by atoms with Crippen molar-refractivity contribution in [3.8, 4) is 0 Å². The van der Waals surface area contributed by atoms with Gasteiger partial charge in [0.05, 0.1) is 5.92 Å². The number of primary amides is 1. The molecular formula is C12H15N3O2. The van der Waals surface area contributed by atoms with Crippen LogP contribution in [0.2, 0.25) is 0 Å². The number of carbonyl (C=O) groups is 2. The van der Waals surface area contributed by atoms with Crippen LogP contribution in [0.4, 0.5) is 5.69 Å². The lowest BCUT2D eigenvalue weighted by Crippen LogP contribution is -2.54. The molecule has 0 aromatic heterocycles. The van der Waals surface area contributed by atoms with Crippen molar-refractivity contribution in [3.63, 3.8) is 0 Å². The third-order valence-electron chi connectivity index (χ3n) is 2.97. The molecule has 1 aliphatic rings. The van der Waals surface area contributed by atoms with Crippen molar-refractivity contribution in [2.24, 2.45) is 11.7 Å². The third kappa shape index (κ3) is 2.22. The number of carbonyl (C=O) groups excluding carboxylic acids is 2. The van der Waals surface area contributed by atoms with Crippen molar-refractivity contribution in [2.75, 3.05) is 25.5 Å². The number of nitrogens with zero attached hydrogens (tertiary/aromatic N) is 1. The minimum Gasteiger partial charge on any atom is -0.388 e. The summed E-state index contributed by atoms with van der Waals surface area (Å²) in [6, 6.07) is 7.27. The number of nitrogens with two attached hydrogens (primary N) is 1. The lowest BCUT2D eigenvalue weighted by molar-refractivity contribution is -0.125. The number of anilines is 1. The zero-order valence-electron chi connectivity index (χ0n) is 9.64. The predicted octanol–water partition coefficient (Wildman–Crippen LogP) is 0.286. The minimum atomic E-state index is -0.335. The van der Waals surface area contributed by atoms with Crippen LogP contribution in [0.1, 0.15) is 10.4 Å². The number of amides is 2. The maximum Gasteiger partial charge on any atom is 0.253 e. The van der Waals surface area contributed by atoms with E-state index in [9.17, 15) is 9.59 Å². The van der Waals surface area contributed by atoms with Gasteiger partial charge in [-0.15, -0.1) is 0 Å². The number of nitrogens with one attached hydrogen (secondary N) is 1. The van der Waals surface area contributed by atoms with Crippen molar-refractivity contribution in [2.45, 2.75) is 0 Å². The normalized spacial score (nSPS) is 15.2. The molecule has 2 rings (SSSR count). The van der Waals surface area contributed by atoms with Crippen molar-refractivity contribution in [3.05, 3.63) is 29.8 Å². The molecule has 0 spiro atoms. The average molecular weight is 233 g/mol. The quantitative estimate of drug-likeness (QED) is 0.787. The Morgan fingerprint density at radius 1 is 1.41 bits per heavy atom. The largest absolute Gasteiger partial charge is 0.388 e. The van der Waals surface area contributed by atoms with E-state index in [1.54, 1.807) is 24.1 Å². The highest BCUT2D eigenvalue weighted by molar-refractivity contribution is 5.96. The molecule has 3 N–H and O–H groups in total. The van der Waals surface area contributed by atoms with Gasteiger partial charge in [0.2, 0.25) is 5.91 Å². The molecule has 0 radical (unpaired) electrons. The summed E-state index contributed by atoms with van der Waals surface area (Å²) in [5.41, 5.74) is 6.67. The van der Waals surface area contributed by atoms with Crippen molar-refractivity contribution < 1.29 is 9.59 Å². The van der Waals surface area contributed by atoms with E-state index in [0.29, 0.717) is 18.7 Å².